The van der Waals surface area contributed by atoms with Crippen molar-refractivity contribution in [1.82, 2.24) is 0 Å². The van der Waals surface area contributed by atoms with Gasteiger partial charge in [-0.15, -0.1) is 11.3 Å². The summed E-state index contributed by atoms with van der Waals surface area (Å²) < 4.78 is 2.16. The molecular weight excluding hydrogens is 480 g/mol. The Labute approximate surface area is 142 Å². The van der Waals surface area contributed by atoms with E-state index in [9.17, 15) is 14.9 Å². The molecule has 1 aromatic heterocycles. The van der Waals surface area contributed by atoms with Gasteiger partial charge >= 0.3 is 0 Å². The summed E-state index contributed by atoms with van der Waals surface area (Å²) in [7, 11) is 0. The molecule has 2 rings (SSSR count). The van der Waals surface area contributed by atoms with Crippen LogP contribution in [0.15, 0.2) is 37.0 Å². The van der Waals surface area contributed by atoms with Crippen LogP contribution in [0.25, 0.3) is 0 Å². The lowest BCUT2D eigenvalue weighted by atomic mass is 10.2. The summed E-state index contributed by atoms with van der Waals surface area (Å²) in [6.45, 7) is 0. The quantitative estimate of drug-likeness (QED) is 0.481. The highest BCUT2D eigenvalue weighted by molar-refractivity contribution is 9.13. The number of anilines is 1. The van der Waals surface area contributed by atoms with E-state index in [0.29, 0.717) is 15.0 Å². The van der Waals surface area contributed by atoms with Crippen molar-refractivity contribution in [3.8, 4) is 0 Å². The Kier molecular flexibility index (Phi) is 4.95. The predicted octanol–water partition coefficient (Wildman–Crippen LogP) is 5.20. The van der Waals surface area contributed by atoms with Crippen LogP contribution in [-0.2, 0) is 0 Å². The van der Waals surface area contributed by atoms with E-state index in [1.807, 2.05) is 0 Å². The largest absolute Gasteiger partial charge is 0.320 e. The number of carbonyl (C=O) groups is 1. The number of thiophene rings is 1. The van der Waals surface area contributed by atoms with Gasteiger partial charge in [0.2, 0.25) is 0 Å². The first-order valence-electron chi connectivity index (χ1n) is 5.08. The van der Waals surface area contributed by atoms with Crippen molar-refractivity contribution < 1.29 is 9.72 Å². The minimum absolute atomic E-state index is 0.0861. The Hall–Kier alpha value is -0.770. The lowest BCUT2D eigenvalue weighted by Gasteiger charge is -2.05. The Balaban J connectivity index is 2.27. The van der Waals surface area contributed by atoms with Gasteiger partial charge in [0.15, 0.2) is 0 Å². The van der Waals surface area contributed by atoms with E-state index in [-0.39, 0.29) is 11.6 Å². The Bertz CT molecular complexity index is 683. The van der Waals surface area contributed by atoms with Crippen molar-refractivity contribution in [2.45, 2.75) is 0 Å². The zero-order valence-corrected chi connectivity index (χ0v) is 15.1. The fourth-order valence-electron chi connectivity index (χ4n) is 1.37. The maximum Gasteiger partial charge on any atom is 0.271 e. The molecule has 2 aromatic rings. The monoisotopic (exact) mass is 482 g/mol. The van der Waals surface area contributed by atoms with Crippen LogP contribution in [0.2, 0.25) is 0 Å². The van der Waals surface area contributed by atoms with Crippen LogP contribution in [0.3, 0.4) is 0 Å². The normalized spacial score (nSPS) is 10.3. The fourth-order valence-corrected chi connectivity index (χ4v) is 3.64. The molecule has 20 heavy (non-hydrogen) atoms. The number of nitro benzene ring substituents is 1. The number of hydrogen-bond acceptors (Lipinski definition) is 4. The minimum Gasteiger partial charge on any atom is -0.320 e. The number of nitrogens with one attached hydrogen (secondary N) is 1. The number of nitro groups is 1. The first-order chi connectivity index (χ1) is 9.38. The Morgan fingerprint density at radius 3 is 2.45 bits per heavy atom. The number of amides is 1. The summed E-state index contributed by atoms with van der Waals surface area (Å²) in [5.74, 6) is -0.331. The molecule has 0 atom stereocenters. The molecule has 1 N–H and O–H groups in total. The highest BCUT2D eigenvalue weighted by Gasteiger charge is 2.15. The van der Waals surface area contributed by atoms with Crippen molar-refractivity contribution in [3.05, 3.63) is 52.0 Å². The zero-order valence-electron chi connectivity index (χ0n) is 9.52. The number of carbonyl (C=O) groups excluding carboxylic acids is 1. The summed E-state index contributed by atoms with van der Waals surface area (Å²) >= 11 is 11.1. The molecule has 5 nitrogen and oxygen atoms in total. The summed E-state index contributed by atoms with van der Waals surface area (Å²) in [5.41, 5.74) is 0.266. The van der Waals surface area contributed by atoms with Gasteiger partial charge in [-0.3, -0.25) is 14.9 Å². The molecule has 0 saturated carbocycles. The first kappa shape index (κ1) is 15.6. The van der Waals surface area contributed by atoms with E-state index >= 15 is 0 Å². The molecule has 0 aliphatic rings. The molecule has 0 aliphatic carbocycles. The van der Waals surface area contributed by atoms with Crippen molar-refractivity contribution >= 4 is 76.4 Å². The molecule has 0 fully saturated rings. The number of non-ortho nitro benzene ring substituents is 1. The van der Waals surface area contributed by atoms with Gasteiger partial charge in [0.05, 0.1) is 19.3 Å². The summed E-state index contributed by atoms with van der Waals surface area (Å²) in [5, 5.41) is 13.4. The molecule has 1 heterocycles. The molecule has 0 spiro atoms. The average molecular weight is 485 g/mol. The van der Waals surface area contributed by atoms with Crippen LogP contribution in [0.5, 0.6) is 0 Å². The van der Waals surface area contributed by atoms with Crippen LogP contribution in [-0.4, -0.2) is 10.8 Å². The number of rotatable bonds is 3. The van der Waals surface area contributed by atoms with Gasteiger partial charge in [-0.25, -0.2) is 0 Å². The van der Waals surface area contributed by atoms with Crippen molar-refractivity contribution in [2.24, 2.45) is 0 Å². The van der Waals surface area contributed by atoms with Crippen LogP contribution in [0.4, 0.5) is 11.4 Å². The van der Waals surface area contributed by atoms with Crippen molar-refractivity contribution in [3.63, 3.8) is 0 Å². The average Bonchev–Trinajstić information content (AvgIpc) is 2.72. The molecule has 9 heteroatoms. The molecule has 0 saturated heterocycles. The van der Waals surface area contributed by atoms with Gasteiger partial charge in [0.1, 0.15) is 0 Å². The number of hydrogen-bond donors (Lipinski definition) is 1. The zero-order chi connectivity index (χ0) is 14.9. The molecule has 104 valence electrons. The molecule has 0 bridgehead atoms. The standard InChI is InChI=1S/C11H5Br3N2O3S/c12-6-2-1-5(16(18)19)3-8(6)15-11(17)9-4-7(13)10(14)20-9/h1-4H,(H,15,17). The molecule has 0 unspecified atom stereocenters. The van der Waals surface area contributed by atoms with E-state index in [4.69, 9.17) is 0 Å². The highest BCUT2D eigenvalue weighted by Crippen LogP contribution is 2.33. The second-order valence-electron chi connectivity index (χ2n) is 3.61. The molecule has 0 aliphatic heterocycles. The lowest BCUT2D eigenvalue weighted by molar-refractivity contribution is -0.384. The number of benzene rings is 1. The van der Waals surface area contributed by atoms with Gasteiger partial charge in [0.25, 0.3) is 11.6 Å². The Morgan fingerprint density at radius 1 is 1.20 bits per heavy atom. The third-order valence-corrected chi connectivity index (χ3v) is 6.22. The summed E-state index contributed by atoms with van der Waals surface area (Å²) in [6.07, 6.45) is 0. The molecule has 0 radical (unpaired) electrons. The second kappa shape index (κ2) is 6.33. The van der Waals surface area contributed by atoms with Crippen LogP contribution in [0.1, 0.15) is 9.67 Å². The highest BCUT2D eigenvalue weighted by atomic mass is 79.9. The topological polar surface area (TPSA) is 72.2 Å². The second-order valence-corrected chi connectivity index (χ2v) is 7.69. The summed E-state index contributed by atoms with van der Waals surface area (Å²) in [4.78, 5) is 22.8. The molecule has 1 aromatic carbocycles. The van der Waals surface area contributed by atoms with Gasteiger partial charge < -0.3 is 5.32 Å². The van der Waals surface area contributed by atoms with Gasteiger partial charge in [-0.05, 0) is 59.9 Å². The smallest absolute Gasteiger partial charge is 0.271 e. The fraction of sp³-hybridized carbons (Fsp3) is 0. The van der Waals surface area contributed by atoms with E-state index in [1.54, 1.807) is 6.07 Å². The molecular formula is C11H5Br3N2O3S. The van der Waals surface area contributed by atoms with Crippen molar-refractivity contribution in [1.29, 1.82) is 0 Å². The van der Waals surface area contributed by atoms with Gasteiger partial charge in [-0.2, -0.15) is 0 Å². The van der Waals surface area contributed by atoms with Crippen molar-refractivity contribution in [2.75, 3.05) is 5.32 Å². The van der Waals surface area contributed by atoms with E-state index < -0.39 is 4.92 Å². The van der Waals surface area contributed by atoms with Crippen LogP contribution in [0, 0.1) is 10.1 Å². The van der Waals surface area contributed by atoms with Gasteiger partial charge in [-0.1, -0.05) is 0 Å². The van der Waals surface area contributed by atoms with Crippen LogP contribution < -0.4 is 5.32 Å². The third-order valence-electron chi connectivity index (χ3n) is 2.28. The van der Waals surface area contributed by atoms with Gasteiger partial charge in [0, 0.05) is 21.1 Å². The minimum atomic E-state index is -0.513. The lowest BCUT2D eigenvalue weighted by Crippen LogP contribution is -2.10. The van der Waals surface area contributed by atoms with E-state index in [0.717, 1.165) is 8.26 Å². The SMILES string of the molecule is O=C(Nc1cc([N+](=O)[O-])ccc1Br)c1cc(Br)c(Br)s1. The maximum absolute atomic E-state index is 12.1. The maximum atomic E-state index is 12.1. The third kappa shape index (κ3) is 3.46. The van der Waals surface area contributed by atoms with Crippen LogP contribution >= 0.6 is 59.1 Å². The summed E-state index contributed by atoms with van der Waals surface area (Å²) in [6, 6.07) is 5.86. The molecule has 1 amide bonds. The van der Waals surface area contributed by atoms with E-state index in [1.165, 1.54) is 29.5 Å². The number of halogens is 3. The predicted molar refractivity (Wildman–Crippen MR) is 88.5 cm³/mol. The van der Waals surface area contributed by atoms with E-state index in [2.05, 4.69) is 53.1 Å². The number of nitrogens with zero attached hydrogens (tertiary/aromatic N) is 1. The Morgan fingerprint density at radius 2 is 1.90 bits per heavy atom. The first-order valence-corrected chi connectivity index (χ1v) is 8.28.